The van der Waals surface area contributed by atoms with Gasteiger partial charge < -0.3 is 10.6 Å². The highest BCUT2D eigenvalue weighted by Crippen LogP contribution is 2.30. The van der Waals surface area contributed by atoms with Gasteiger partial charge in [0.05, 0.1) is 28.0 Å². The number of alkyl halides is 3. The van der Waals surface area contributed by atoms with Crippen LogP contribution in [0.3, 0.4) is 0 Å². The summed E-state index contributed by atoms with van der Waals surface area (Å²) in [7, 11) is -8.06. The fourth-order valence-electron chi connectivity index (χ4n) is 4.11. The zero-order valence-electron chi connectivity index (χ0n) is 21.2. The molecule has 1 saturated heterocycles. The highest BCUT2D eigenvalue weighted by atomic mass is 32.2. The van der Waals surface area contributed by atoms with Gasteiger partial charge in [0.2, 0.25) is 10.0 Å². The largest absolute Gasteiger partial charge is 0.416 e. The molecule has 2 amide bonds. The molecule has 9 nitrogen and oxygen atoms in total. The van der Waals surface area contributed by atoms with E-state index in [2.05, 4.69) is 10.6 Å². The zero-order valence-corrected chi connectivity index (χ0v) is 22.8. The van der Waals surface area contributed by atoms with Crippen molar-refractivity contribution in [2.24, 2.45) is 0 Å². The van der Waals surface area contributed by atoms with Gasteiger partial charge >= 0.3 is 12.2 Å². The molecule has 1 atom stereocenters. The van der Waals surface area contributed by atoms with E-state index >= 15 is 0 Å². The standard InChI is InChI=1S/C26H26F3N3O6S2/c1-18-4-12-24(13-5-18)40(36,37)38-17-22-3-2-16-32(22)39(34,35)23-14-10-21(11-15-23)31-25(33)30-20-8-6-19(7-9-20)26(27,28)29/h4-15,22H,2-3,16-17H2,1H3,(H2,30,31,33). The number of nitrogens with zero attached hydrogens (tertiary/aromatic N) is 1. The first kappa shape index (κ1) is 29.5. The van der Waals surface area contributed by atoms with E-state index in [-0.39, 0.29) is 34.3 Å². The van der Waals surface area contributed by atoms with Crippen LogP contribution in [0.25, 0.3) is 0 Å². The van der Waals surface area contributed by atoms with Crippen molar-refractivity contribution in [3.63, 3.8) is 0 Å². The predicted octanol–water partition coefficient (Wildman–Crippen LogP) is 5.22. The summed E-state index contributed by atoms with van der Waals surface area (Å²) in [5.41, 5.74) is 0.410. The number of anilines is 2. The summed E-state index contributed by atoms with van der Waals surface area (Å²) in [5, 5.41) is 4.88. The van der Waals surface area contributed by atoms with Gasteiger partial charge in [-0.3, -0.25) is 4.18 Å². The lowest BCUT2D eigenvalue weighted by Gasteiger charge is -2.24. The Morgan fingerprint density at radius 1 is 0.875 bits per heavy atom. The molecule has 0 spiro atoms. The Morgan fingerprint density at radius 3 is 1.95 bits per heavy atom. The number of carbonyl (C=O) groups excluding carboxylic acids is 1. The molecule has 0 saturated carbocycles. The van der Waals surface area contributed by atoms with Crippen LogP contribution in [0, 0.1) is 6.92 Å². The topological polar surface area (TPSA) is 122 Å². The number of halogens is 3. The molecule has 1 unspecified atom stereocenters. The minimum absolute atomic E-state index is 0.0176. The lowest BCUT2D eigenvalue weighted by atomic mass is 10.2. The Balaban J connectivity index is 1.37. The monoisotopic (exact) mass is 597 g/mol. The van der Waals surface area contributed by atoms with Crippen LogP contribution >= 0.6 is 0 Å². The van der Waals surface area contributed by atoms with E-state index in [4.69, 9.17) is 4.18 Å². The lowest BCUT2D eigenvalue weighted by Crippen LogP contribution is -2.38. The summed E-state index contributed by atoms with van der Waals surface area (Å²) in [6.45, 7) is 1.68. The molecule has 1 aliphatic heterocycles. The number of aryl methyl sites for hydroxylation is 1. The van der Waals surface area contributed by atoms with Crippen LogP contribution in [-0.4, -0.2) is 46.4 Å². The van der Waals surface area contributed by atoms with Crippen LogP contribution in [-0.2, 0) is 30.5 Å². The molecule has 1 heterocycles. The van der Waals surface area contributed by atoms with Crippen LogP contribution in [0.15, 0.2) is 82.6 Å². The highest BCUT2D eigenvalue weighted by molar-refractivity contribution is 7.89. The molecule has 2 N–H and O–H groups in total. The summed E-state index contributed by atoms with van der Waals surface area (Å²) < 4.78 is 96.1. The smallest absolute Gasteiger partial charge is 0.308 e. The molecule has 3 aromatic rings. The maximum atomic E-state index is 13.3. The molecule has 0 aliphatic carbocycles. The van der Waals surface area contributed by atoms with Gasteiger partial charge in [-0.1, -0.05) is 17.7 Å². The number of benzene rings is 3. The van der Waals surface area contributed by atoms with Crippen LogP contribution < -0.4 is 10.6 Å². The minimum atomic E-state index is -4.50. The van der Waals surface area contributed by atoms with Crippen molar-refractivity contribution in [3.8, 4) is 0 Å². The Bertz CT molecular complexity index is 1560. The predicted molar refractivity (Wildman–Crippen MR) is 142 cm³/mol. The second-order valence-electron chi connectivity index (χ2n) is 9.14. The molecule has 14 heteroatoms. The Kier molecular flexibility index (Phi) is 8.54. The molecule has 0 bridgehead atoms. The number of amides is 2. The van der Waals surface area contributed by atoms with Gasteiger partial charge in [-0.2, -0.15) is 25.9 Å². The molecule has 3 aromatic carbocycles. The van der Waals surface area contributed by atoms with Crippen molar-refractivity contribution in [1.29, 1.82) is 0 Å². The number of rotatable bonds is 8. The first-order chi connectivity index (χ1) is 18.8. The van der Waals surface area contributed by atoms with Gasteiger partial charge in [-0.05, 0) is 80.4 Å². The van der Waals surface area contributed by atoms with Crippen molar-refractivity contribution in [2.75, 3.05) is 23.8 Å². The van der Waals surface area contributed by atoms with Crippen molar-refractivity contribution >= 4 is 37.5 Å². The number of hydrogen-bond donors (Lipinski definition) is 2. The van der Waals surface area contributed by atoms with Crippen molar-refractivity contribution in [1.82, 2.24) is 4.31 Å². The van der Waals surface area contributed by atoms with Crippen LogP contribution in [0.4, 0.5) is 29.3 Å². The third kappa shape index (κ3) is 6.99. The Labute approximate surface area is 230 Å². The number of carbonyl (C=O) groups is 1. The van der Waals surface area contributed by atoms with E-state index in [0.29, 0.717) is 12.8 Å². The molecular formula is C26H26F3N3O6S2. The lowest BCUT2D eigenvalue weighted by molar-refractivity contribution is -0.137. The van der Waals surface area contributed by atoms with Crippen LogP contribution in [0.2, 0.25) is 0 Å². The molecule has 4 rings (SSSR count). The van der Waals surface area contributed by atoms with E-state index in [0.717, 1.165) is 29.8 Å². The van der Waals surface area contributed by atoms with Gasteiger partial charge in [0.1, 0.15) is 0 Å². The first-order valence-corrected chi connectivity index (χ1v) is 14.9. The van der Waals surface area contributed by atoms with Crippen molar-refractivity contribution < 1.29 is 39.0 Å². The quantitative estimate of drug-likeness (QED) is 0.344. The molecule has 40 heavy (non-hydrogen) atoms. The summed E-state index contributed by atoms with van der Waals surface area (Å²) in [4.78, 5) is 12.2. The fourth-order valence-corrected chi connectivity index (χ4v) is 6.74. The van der Waals surface area contributed by atoms with E-state index in [1.165, 1.54) is 40.7 Å². The second kappa shape index (κ2) is 11.6. The minimum Gasteiger partial charge on any atom is -0.308 e. The summed E-state index contributed by atoms with van der Waals surface area (Å²) in [6.07, 6.45) is -3.54. The normalized spacial score (nSPS) is 16.6. The van der Waals surface area contributed by atoms with Gasteiger partial charge in [0, 0.05) is 17.9 Å². The zero-order chi connectivity index (χ0) is 29.1. The molecule has 0 aromatic heterocycles. The summed E-state index contributed by atoms with van der Waals surface area (Å²) in [6, 6.07) is 13.9. The SMILES string of the molecule is Cc1ccc(S(=O)(=O)OCC2CCCN2S(=O)(=O)c2ccc(NC(=O)Nc3ccc(C(F)(F)F)cc3)cc2)cc1. The molecule has 1 aliphatic rings. The second-order valence-corrected chi connectivity index (χ2v) is 12.6. The van der Waals surface area contributed by atoms with Gasteiger partial charge in [0.15, 0.2) is 0 Å². The van der Waals surface area contributed by atoms with Gasteiger partial charge in [-0.15, -0.1) is 0 Å². The number of sulfonamides is 1. The van der Waals surface area contributed by atoms with Crippen molar-refractivity contribution in [2.45, 2.75) is 41.8 Å². The third-order valence-corrected chi connectivity index (χ3v) is 9.50. The Morgan fingerprint density at radius 2 is 1.40 bits per heavy atom. The van der Waals surface area contributed by atoms with E-state index in [9.17, 15) is 34.8 Å². The number of nitrogens with one attached hydrogen (secondary N) is 2. The fraction of sp³-hybridized carbons (Fsp3) is 0.269. The van der Waals surface area contributed by atoms with Crippen LogP contribution in [0.5, 0.6) is 0 Å². The average Bonchev–Trinajstić information content (AvgIpc) is 3.38. The van der Waals surface area contributed by atoms with Crippen LogP contribution in [0.1, 0.15) is 24.0 Å². The Hall–Kier alpha value is -3.46. The summed E-state index contributed by atoms with van der Waals surface area (Å²) >= 11 is 0. The van der Waals surface area contributed by atoms with Gasteiger partial charge in [-0.25, -0.2) is 13.2 Å². The molecule has 214 valence electrons. The summed E-state index contributed by atoms with van der Waals surface area (Å²) in [5.74, 6) is 0. The van der Waals surface area contributed by atoms with E-state index in [1.807, 2.05) is 6.92 Å². The highest BCUT2D eigenvalue weighted by Gasteiger charge is 2.36. The van der Waals surface area contributed by atoms with E-state index < -0.39 is 44.0 Å². The maximum absolute atomic E-state index is 13.3. The first-order valence-electron chi connectivity index (χ1n) is 12.1. The van der Waals surface area contributed by atoms with E-state index in [1.54, 1.807) is 12.1 Å². The number of urea groups is 1. The average molecular weight is 598 g/mol. The number of hydrogen-bond acceptors (Lipinski definition) is 6. The maximum Gasteiger partial charge on any atom is 0.416 e. The molecule has 0 radical (unpaired) electrons. The van der Waals surface area contributed by atoms with Crippen molar-refractivity contribution in [3.05, 3.63) is 83.9 Å². The third-order valence-electron chi connectivity index (χ3n) is 6.24. The molecular weight excluding hydrogens is 571 g/mol. The molecule has 1 fully saturated rings. The van der Waals surface area contributed by atoms with Gasteiger partial charge in [0.25, 0.3) is 10.1 Å².